The molecule has 5 nitrogen and oxygen atoms in total. The Morgan fingerprint density at radius 3 is 3.05 bits per heavy atom. The van der Waals surface area contributed by atoms with Gasteiger partial charge in [-0.2, -0.15) is 0 Å². The first-order valence-electron chi connectivity index (χ1n) is 7.68. The molecule has 5 heteroatoms. The molecule has 1 fully saturated rings. The number of rotatable bonds is 5. The van der Waals surface area contributed by atoms with Gasteiger partial charge in [0.05, 0.1) is 12.6 Å². The van der Waals surface area contributed by atoms with Crippen molar-refractivity contribution < 1.29 is 4.74 Å². The van der Waals surface area contributed by atoms with Crippen LogP contribution in [0.4, 0.5) is 5.69 Å². The second kappa shape index (κ2) is 6.75. The highest BCUT2D eigenvalue weighted by Crippen LogP contribution is 2.14. The number of nitrogens with zero attached hydrogens (tertiary/aromatic N) is 2. The minimum Gasteiger partial charge on any atom is -0.382 e. The first-order valence-corrected chi connectivity index (χ1v) is 7.68. The lowest BCUT2D eigenvalue weighted by Gasteiger charge is -2.15. The predicted molar refractivity (Wildman–Crippen MR) is 86.2 cm³/mol. The van der Waals surface area contributed by atoms with Crippen molar-refractivity contribution in [1.29, 1.82) is 0 Å². The van der Waals surface area contributed by atoms with Crippen molar-refractivity contribution in [2.75, 3.05) is 18.5 Å². The molecule has 1 aliphatic heterocycles. The molecule has 2 aromatic heterocycles. The Morgan fingerprint density at radius 2 is 2.36 bits per heavy atom. The number of aromatic nitrogens is 2. The van der Waals surface area contributed by atoms with Crippen LogP contribution in [0.1, 0.15) is 24.1 Å². The third kappa shape index (κ3) is 3.54. The Hall–Kier alpha value is -2.14. The zero-order valence-electron chi connectivity index (χ0n) is 12.8. The van der Waals surface area contributed by atoms with Crippen LogP contribution in [0.15, 0.2) is 41.5 Å². The summed E-state index contributed by atoms with van der Waals surface area (Å²) in [5, 5.41) is 3.31. The number of anilines is 1. The van der Waals surface area contributed by atoms with Gasteiger partial charge in [0.15, 0.2) is 0 Å². The monoisotopic (exact) mass is 299 g/mol. The Morgan fingerprint density at radius 1 is 1.45 bits per heavy atom. The van der Waals surface area contributed by atoms with E-state index in [2.05, 4.69) is 10.3 Å². The molecule has 116 valence electrons. The van der Waals surface area contributed by atoms with E-state index in [0.717, 1.165) is 42.9 Å². The quantitative estimate of drug-likeness (QED) is 0.919. The van der Waals surface area contributed by atoms with Gasteiger partial charge in [-0.15, -0.1) is 0 Å². The molecule has 1 atom stereocenters. The summed E-state index contributed by atoms with van der Waals surface area (Å²) >= 11 is 0. The molecular formula is C17H21N3O2. The van der Waals surface area contributed by atoms with Crippen LogP contribution < -0.4 is 10.9 Å². The van der Waals surface area contributed by atoms with Crippen molar-refractivity contribution in [3.05, 3.63) is 58.3 Å². The molecule has 22 heavy (non-hydrogen) atoms. The van der Waals surface area contributed by atoms with Gasteiger partial charge in [-0.1, -0.05) is 6.07 Å². The van der Waals surface area contributed by atoms with E-state index < -0.39 is 0 Å². The van der Waals surface area contributed by atoms with Crippen LogP contribution in [0.5, 0.6) is 0 Å². The summed E-state index contributed by atoms with van der Waals surface area (Å²) in [5.74, 6) is 0. The summed E-state index contributed by atoms with van der Waals surface area (Å²) in [7, 11) is 0. The van der Waals surface area contributed by atoms with Crippen LogP contribution in [0.3, 0.4) is 0 Å². The second-order valence-corrected chi connectivity index (χ2v) is 5.69. The van der Waals surface area contributed by atoms with Gasteiger partial charge in [0.1, 0.15) is 0 Å². The van der Waals surface area contributed by atoms with Gasteiger partial charge in [0.25, 0.3) is 5.56 Å². The highest BCUT2D eigenvalue weighted by Gasteiger charge is 2.15. The SMILES string of the molecule is Cc1cc(NC[C@@H]2CCCO2)cc(=O)n1Cc1cccnc1. The zero-order valence-corrected chi connectivity index (χ0v) is 12.8. The molecule has 0 amide bonds. The van der Waals surface area contributed by atoms with Crippen LogP contribution in [-0.4, -0.2) is 28.8 Å². The van der Waals surface area contributed by atoms with E-state index in [-0.39, 0.29) is 11.7 Å². The third-order valence-electron chi connectivity index (χ3n) is 3.96. The van der Waals surface area contributed by atoms with Crippen molar-refractivity contribution >= 4 is 5.69 Å². The summed E-state index contributed by atoms with van der Waals surface area (Å²) in [6.45, 7) is 4.10. The maximum Gasteiger partial charge on any atom is 0.253 e. The zero-order chi connectivity index (χ0) is 15.4. The van der Waals surface area contributed by atoms with Crippen molar-refractivity contribution in [3.8, 4) is 0 Å². The maximum absolute atomic E-state index is 12.3. The molecule has 0 bridgehead atoms. The lowest BCUT2D eigenvalue weighted by molar-refractivity contribution is 0.120. The number of pyridine rings is 2. The lowest BCUT2D eigenvalue weighted by atomic mass is 10.2. The van der Waals surface area contributed by atoms with Gasteiger partial charge < -0.3 is 14.6 Å². The van der Waals surface area contributed by atoms with Crippen LogP contribution in [0, 0.1) is 6.92 Å². The highest BCUT2D eigenvalue weighted by atomic mass is 16.5. The average molecular weight is 299 g/mol. The second-order valence-electron chi connectivity index (χ2n) is 5.69. The lowest BCUT2D eigenvalue weighted by Crippen LogP contribution is -2.24. The third-order valence-corrected chi connectivity index (χ3v) is 3.96. The number of hydrogen-bond acceptors (Lipinski definition) is 4. The van der Waals surface area contributed by atoms with Crippen molar-refractivity contribution in [3.63, 3.8) is 0 Å². The normalized spacial score (nSPS) is 17.6. The molecule has 1 aliphatic rings. The standard InChI is InChI=1S/C17H21N3O2/c1-13-8-15(19-11-16-5-3-7-22-16)9-17(21)20(13)12-14-4-2-6-18-10-14/h2,4,6,8-10,16,19H,3,5,7,11-12H2,1H3/t16-/m0/s1. The summed E-state index contributed by atoms with van der Waals surface area (Å²) in [4.78, 5) is 16.4. The summed E-state index contributed by atoms with van der Waals surface area (Å²) in [6.07, 6.45) is 5.99. The van der Waals surface area contributed by atoms with Gasteiger partial charge in [-0.25, -0.2) is 0 Å². The van der Waals surface area contributed by atoms with Gasteiger partial charge >= 0.3 is 0 Å². The largest absolute Gasteiger partial charge is 0.382 e. The summed E-state index contributed by atoms with van der Waals surface area (Å²) in [6, 6.07) is 7.51. The molecule has 1 N–H and O–H groups in total. The first kappa shape index (κ1) is 14.8. The molecule has 3 heterocycles. The van der Waals surface area contributed by atoms with Crippen molar-refractivity contribution in [2.45, 2.75) is 32.4 Å². The van der Waals surface area contributed by atoms with E-state index in [1.165, 1.54) is 0 Å². The average Bonchev–Trinajstić information content (AvgIpc) is 3.03. The predicted octanol–water partition coefficient (Wildman–Crippen LogP) is 2.19. The molecule has 0 aliphatic carbocycles. The van der Waals surface area contributed by atoms with Crippen LogP contribution in [-0.2, 0) is 11.3 Å². The fourth-order valence-corrected chi connectivity index (χ4v) is 2.75. The van der Waals surface area contributed by atoms with Crippen LogP contribution >= 0.6 is 0 Å². The molecule has 2 aromatic rings. The number of ether oxygens (including phenoxy) is 1. The van der Waals surface area contributed by atoms with Crippen LogP contribution in [0.25, 0.3) is 0 Å². The first-order chi connectivity index (χ1) is 10.7. The molecule has 0 radical (unpaired) electrons. The number of aryl methyl sites for hydroxylation is 1. The van der Waals surface area contributed by atoms with E-state index in [1.54, 1.807) is 23.0 Å². The topological polar surface area (TPSA) is 56.1 Å². The van der Waals surface area contributed by atoms with Gasteiger partial charge in [-0.3, -0.25) is 9.78 Å². The summed E-state index contributed by atoms with van der Waals surface area (Å²) < 4.78 is 7.34. The van der Waals surface area contributed by atoms with Crippen LogP contribution in [0.2, 0.25) is 0 Å². The van der Waals surface area contributed by atoms with E-state index in [0.29, 0.717) is 6.54 Å². The molecule has 0 aromatic carbocycles. The number of hydrogen-bond donors (Lipinski definition) is 1. The van der Waals surface area contributed by atoms with E-state index in [1.807, 2.05) is 25.1 Å². The molecular weight excluding hydrogens is 278 g/mol. The minimum absolute atomic E-state index is 0.00121. The van der Waals surface area contributed by atoms with E-state index >= 15 is 0 Å². The fraction of sp³-hybridized carbons (Fsp3) is 0.412. The molecule has 1 saturated heterocycles. The van der Waals surface area contributed by atoms with Crippen molar-refractivity contribution in [1.82, 2.24) is 9.55 Å². The van der Waals surface area contributed by atoms with Gasteiger partial charge in [0.2, 0.25) is 0 Å². The maximum atomic E-state index is 12.3. The highest BCUT2D eigenvalue weighted by molar-refractivity contribution is 5.43. The summed E-state index contributed by atoms with van der Waals surface area (Å²) in [5.41, 5.74) is 2.82. The van der Waals surface area contributed by atoms with Gasteiger partial charge in [-0.05, 0) is 37.5 Å². The number of nitrogens with one attached hydrogen (secondary N) is 1. The fourth-order valence-electron chi connectivity index (χ4n) is 2.75. The molecule has 0 saturated carbocycles. The van der Waals surface area contributed by atoms with E-state index in [4.69, 9.17) is 4.74 Å². The smallest absolute Gasteiger partial charge is 0.253 e. The van der Waals surface area contributed by atoms with E-state index in [9.17, 15) is 4.79 Å². The minimum atomic E-state index is -0.00121. The Bertz CT molecular complexity index is 676. The van der Waals surface area contributed by atoms with Crippen molar-refractivity contribution in [2.24, 2.45) is 0 Å². The van der Waals surface area contributed by atoms with Gasteiger partial charge in [0, 0.05) is 43.0 Å². The molecule has 3 rings (SSSR count). The molecule has 0 unspecified atom stereocenters. The Kier molecular flexibility index (Phi) is 4.53. The Labute approximate surface area is 130 Å². The Balaban J connectivity index is 1.72. The molecule has 0 spiro atoms.